The summed E-state index contributed by atoms with van der Waals surface area (Å²) in [6.45, 7) is 9.64. The predicted octanol–water partition coefficient (Wildman–Crippen LogP) is 1.78. The van der Waals surface area contributed by atoms with Crippen molar-refractivity contribution >= 4 is 5.78 Å². The van der Waals surface area contributed by atoms with E-state index in [9.17, 15) is 4.79 Å². The van der Waals surface area contributed by atoms with E-state index in [1.54, 1.807) is 6.92 Å². The SMILES string of the molecule is C=CCC(C=C)[N+](C)(C)CC(C)=O. The van der Waals surface area contributed by atoms with Crippen molar-refractivity contribution < 1.29 is 9.28 Å². The number of rotatable bonds is 6. The summed E-state index contributed by atoms with van der Waals surface area (Å²) in [6.07, 6.45) is 4.63. The highest BCUT2D eigenvalue weighted by Gasteiger charge is 2.25. The van der Waals surface area contributed by atoms with Crippen LogP contribution in [0.4, 0.5) is 0 Å². The molecule has 0 amide bonds. The molecule has 0 bridgehead atoms. The third kappa shape index (κ3) is 4.04. The van der Waals surface area contributed by atoms with Crippen LogP contribution in [0.3, 0.4) is 0 Å². The van der Waals surface area contributed by atoms with Crippen LogP contribution in [0, 0.1) is 0 Å². The number of Topliss-reactive ketones (excluding diaryl/α,β-unsaturated/α-hetero) is 1. The monoisotopic (exact) mass is 182 g/mol. The van der Waals surface area contributed by atoms with Crippen molar-refractivity contribution in [1.82, 2.24) is 0 Å². The zero-order valence-corrected chi connectivity index (χ0v) is 8.92. The number of carbonyl (C=O) groups excluding carboxylic acids is 1. The molecule has 1 unspecified atom stereocenters. The summed E-state index contributed by atoms with van der Waals surface area (Å²) in [7, 11) is 4.08. The van der Waals surface area contributed by atoms with Gasteiger partial charge >= 0.3 is 0 Å². The summed E-state index contributed by atoms with van der Waals surface area (Å²) in [5.74, 6) is 0.209. The zero-order chi connectivity index (χ0) is 10.5. The van der Waals surface area contributed by atoms with E-state index in [1.807, 2.05) is 26.2 Å². The van der Waals surface area contributed by atoms with Crippen molar-refractivity contribution in [3.05, 3.63) is 25.3 Å². The fourth-order valence-corrected chi connectivity index (χ4v) is 1.53. The van der Waals surface area contributed by atoms with Gasteiger partial charge in [0.15, 0.2) is 5.78 Å². The van der Waals surface area contributed by atoms with E-state index in [0.717, 1.165) is 6.42 Å². The number of ketones is 1. The van der Waals surface area contributed by atoms with Crippen LogP contribution in [0.25, 0.3) is 0 Å². The molecule has 0 fully saturated rings. The van der Waals surface area contributed by atoms with Crippen LogP contribution in [-0.2, 0) is 4.79 Å². The van der Waals surface area contributed by atoms with Gasteiger partial charge in [-0.25, -0.2) is 0 Å². The van der Waals surface area contributed by atoms with E-state index in [0.29, 0.717) is 11.0 Å². The number of likely N-dealkylation sites (N-methyl/N-ethyl adjacent to an activating group) is 1. The van der Waals surface area contributed by atoms with Crippen LogP contribution >= 0.6 is 0 Å². The standard InChI is InChI=1S/C11H20NO/c1-6-8-11(7-2)12(4,5)9-10(3)13/h6-7,11H,1-2,8-9H2,3-5H3/q+1. The van der Waals surface area contributed by atoms with Crippen LogP contribution < -0.4 is 0 Å². The maximum absolute atomic E-state index is 11.0. The molecule has 0 heterocycles. The summed E-state index contributed by atoms with van der Waals surface area (Å²) >= 11 is 0. The van der Waals surface area contributed by atoms with E-state index in [2.05, 4.69) is 13.2 Å². The van der Waals surface area contributed by atoms with Gasteiger partial charge in [-0.2, -0.15) is 0 Å². The number of nitrogens with zero attached hydrogens (tertiary/aromatic N) is 1. The Hall–Kier alpha value is -0.890. The summed E-state index contributed by atoms with van der Waals surface area (Å²) in [5.41, 5.74) is 0. The summed E-state index contributed by atoms with van der Waals surface area (Å²) < 4.78 is 0.658. The van der Waals surface area contributed by atoms with Gasteiger partial charge in [-0.15, -0.1) is 6.58 Å². The summed E-state index contributed by atoms with van der Waals surface area (Å²) in [6, 6.07) is 0.279. The van der Waals surface area contributed by atoms with Crippen molar-refractivity contribution in [2.75, 3.05) is 20.6 Å². The van der Waals surface area contributed by atoms with Gasteiger partial charge in [-0.3, -0.25) is 4.79 Å². The van der Waals surface area contributed by atoms with Crippen LogP contribution in [0.1, 0.15) is 13.3 Å². The normalized spacial score (nSPS) is 13.5. The van der Waals surface area contributed by atoms with E-state index >= 15 is 0 Å². The second-order valence-electron chi connectivity index (χ2n) is 3.97. The molecule has 0 saturated carbocycles. The van der Waals surface area contributed by atoms with Crippen molar-refractivity contribution in [2.45, 2.75) is 19.4 Å². The maximum atomic E-state index is 11.0. The van der Waals surface area contributed by atoms with Gasteiger partial charge in [-0.1, -0.05) is 12.7 Å². The molecule has 0 radical (unpaired) electrons. The average molecular weight is 182 g/mol. The first-order valence-electron chi connectivity index (χ1n) is 4.49. The Morgan fingerprint density at radius 1 is 1.46 bits per heavy atom. The second-order valence-corrected chi connectivity index (χ2v) is 3.97. The van der Waals surface area contributed by atoms with Crippen molar-refractivity contribution in [3.8, 4) is 0 Å². The van der Waals surface area contributed by atoms with Crippen LogP contribution in [0.5, 0.6) is 0 Å². The first-order chi connectivity index (χ1) is 5.94. The third-order valence-corrected chi connectivity index (χ3v) is 2.21. The van der Waals surface area contributed by atoms with Gasteiger partial charge in [0.05, 0.1) is 14.1 Å². The number of hydrogen-bond acceptors (Lipinski definition) is 1. The van der Waals surface area contributed by atoms with Gasteiger partial charge in [0.2, 0.25) is 0 Å². The molecule has 2 nitrogen and oxygen atoms in total. The highest BCUT2D eigenvalue weighted by Crippen LogP contribution is 2.12. The third-order valence-electron chi connectivity index (χ3n) is 2.21. The molecular weight excluding hydrogens is 162 g/mol. The highest BCUT2D eigenvalue weighted by molar-refractivity contribution is 5.76. The molecule has 0 aliphatic rings. The van der Waals surface area contributed by atoms with Crippen LogP contribution in [0.15, 0.2) is 25.3 Å². The summed E-state index contributed by atoms with van der Waals surface area (Å²) in [5, 5.41) is 0. The number of quaternary nitrogens is 1. The lowest BCUT2D eigenvalue weighted by Gasteiger charge is -2.35. The number of hydrogen-bond donors (Lipinski definition) is 0. The molecule has 0 N–H and O–H groups in total. The molecule has 0 saturated heterocycles. The Morgan fingerprint density at radius 2 is 2.00 bits per heavy atom. The van der Waals surface area contributed by atoms with E-state index in [4.69, 9.17) is 0 Å². The molecule has 0 spiro atoms. The maximum Gasteiger partial charge on any atom is 0.183 e. The number of carbonyl (C=O) groups is 1. The topological polar surface area (TPSA) is 17.1 Å². The summed E-state index contributed by atoms with van der Waals surface area (Å²) in [4.78, 5) is 11.0. The molecule has 0 aromatic heterocycles. The molecule has 0 aromatic carbocycles. The van der Waals surface area contributed by atoms with Gasteiger partial charge in [0, 0.05) is 13.3 Å². The van der Waals surface area contributed by atoms with Crippen molar-refractivity contribution in [1.29, 1.82) is 0 Å². The molecule has 2 heteroatoms. The second kappa shape index (κ2) is 4.97. The molecule has 0 aromatic rings. The molecule has 0 aliphatic heterocycles. The van der Waals surface area contributed by atoms with Gasteiger partial charge < -0.3 is 4.48 Å². The lowest BCUT2D eigenvalue weighted by atomic mass is 10.1. The molecule has 0 rings (SSSR count). The minimum Gasteiger partial charge on any atom is -0.316 e. The fourth-order valence-electron chi connectivity index (χ4n) is 1.53. The van der Waals surface area contributed by atoms with E-state index in [1.165, 1.54) is 0 Å². The van der Waals surface area contributed by atoms with Gasteiger partial charge in [0.1, 0.15) is 12.6 Å². The molecule has 0 aliphatic carbocycles. The Labute approximate surface area is 81.1 Å². The molecular formula is C11H20NO+. The Balaban J connectivity index is 4.44. The van der Waals surface area contributed by atoms with Crippen LogP contribution in [0.2, 0.25) is 0 Å². The van der Waals surface area contributed by atoms with E-state index < -0.39 is 0 Å². The van der Waals surface area contributed by atoms with E-state index in [-0.39, 0.29) is 11.8 Å². The minimum atomic E-state index is 0.209. The lowest BCUT2D eigenvalue weighted by molar-refractivity contribution is -0.900. The Bertz CT molecular complexity index is 206. The molecule has 1 atom stereocenters. The Morgan fingerprint density at radius 3 is 2.31 bits per heavy atom. The largest absolute Gasteiger partial charge is 0.316 e. The fraction of sp³-hybridized carbons (Fsp3) is 0.545. The van der Waals surface area contributed by atoms with Crippen LogP contribution in [-0.4, -0.2) is 36.9 Å². The smallest absolute Gasteiger partial charge is 0.183 e. The Kier molecular flexibility index (Phi) is 4.63. The highest BCUT2D eigenvalue weighted by atomic mass is 16.1. The molecule has 13 heavy (non-hydrogen) atoms. The van der Waals surface area contributed by atoms with Gasteiger partial charge in [-0.05, 0) is 6.08 Å². The first kappa shape index (κ1) is 12.1. The predicted molar refractivity (Wildman–Crippen MR) is 56.5 cm³/mol. The van der Waals surface area contributed by atoms with Gasteiger partial charge in [0.25, 0.3) is 0 Å². The van der Waals surface area contributed by atoms with Crippen molar-refractivity contribution in [2.24, 2.45) is 0 Å². The quantitative estimate of drug-likeness (QED) is 0.452. The first-order valence-corrected chi connectivity index (χ1v) is 4.49. The molecule has 74 valence electrons. The average Bonchev–Trinajstić information content (AvgIpc) is 1.97. The van der Waals surface area contributed by atoms with Crippen molar-refractivity contribution in [3.63, 3.8) is 0 Å². The lowest BCUT2D eigenvalue weighted by Crippen LogP contribution is -2.50. The minimum absolute atomic E-state index is 0.209. The zero-order valence-electron chi connectivity index (χ0n) is 8.92.